The lowest BCUT2D eigenvalue weighted by atomic mass is 10.3. The minimum Gasteiger partial charge on any atom is -0.478 e. The summed E-state index contributed by atoms with van der Waals surface area (Å²) >= 11 is 0. The second-order valence-corrected chi connectivity index (χ2v) is 2.46. The van der Waals surface area contributed by atoms with Gasteiger partial charge >= 0.3 is 5.97 Å². The highest BCUT2D eigenvalue weighted by Crippen LogP contribution is 1.91. The van der Waals surface area contributed by atoms with E-state index in [0.717, 1.165) is 0 Å². The third-order valence-corrected chi connectivity index (χ3v) is 1.42. The van der Waals surface area contributed by atoms with Crippen LogP contribution in [0.25, 0.3) is 0 Å². The van der Waals surface area contributed by atoms with Gasteiger partial charge < -0.3 is 14.6 Å². The molecule has 0 saturated heterocycles. The Balaban J connectivity index is 3.34. The number of hydrogen-bond donors (Lipinski definition) is 1. The Morgan fingerprint density at radius 3 is 2.54 bits per heavy atom. The SMILES string of the molecule is CCOCCOCC=C(C)C(=O)O. The van der Waals surface area contributed by atoms with E-state index in [2.05, 4.69) is 0 Å². The monoisotopic (exact) mass is 188 g/mol. The minimum atomic E-state index is -0.909. The van der Waals surface area contributed by atoms with Gasteiger partial charge in [-0.05, 0) is 19.9 Å². The first-order valence-corrected chi connectivity index (χ1v) is 4.24. The number of carbonyl (C=O) groups is 1. The van der Waals surface area contributed by atoms with Crippen molar-refractivity contribution in [3.05, 3.63) is 11.6 Å². The Morgan fingerprint density at radius 2 is 2.00 bits per heavy atom. The third-order valence-electron chi connectivity index (χ3n) is 1.42. The maximum Gasteiger partial charge on any atom is 0.331 e. The van der Waals surface area contributed by atoms with Crippen molar-refractivity contribution in [3.63, 3.8) is 0 Å². The second-order valence-electron chi connectivity index (χ2n) is 2.46. The summed E-state index contributed by atoms with van der Waals surface area (Å²) in [4.78, 5) is 10.3. The fraction of sp³-hybridized carbons (Fsp3) is 0.667. The average Bonchev–Trinajstić information content (AvgIpc) is 2.10. The molecule has 0 bridgehead atoms. The predicted octanol–water partition coefficient (Wildman–Crippen LogP) is 1.07. The average molecular weight is 188 g/mol. The molecule has 0 atom stereocenters. The molecule has 0 fully saturated rings. The number of ether oxygens (including phenoxy) is 2. The van der Waals surface area contributed by atoms with Crippen molar-refractivity contribution in [2.45, 2.75) is 13.8 Å². The normalized spacial score (nSPS) is 11.7. The summed E-state index contributed by atoms with van der Waals surface area (Å²) in [5, 5.41) is 8.47. The summed E-state index contributed by atoms with van der Waals surface area (Å²) < 4.78 is 10.1. The van der Waals surface area contributed by atoms with Crippen LogP contribution in [0, 0.1) is 0 Å². The van der Waals surface area contributed by atoms with Crippen LogP contribution in [-0.4, -0.2) is 37.5 Å². The van der Waals surface area contributed by atoms with Gasteiger partial charge in [-0.3, -0.25) is 0 Å². The molecule has 76 valence electrons. The standard InChI is InChI=1S/C9H16O4/c1-3-12-6-7-13-5-4-8(2)9(10)11/h4H,3,5-7H2,1-2H3,(H,10,11). The summed E-state index contributed by atoms with van der Waals surface area (Å²) in [6, 6.07) is 0. The highest BCUT2D eigenvalue weighted by molar-refractivity contribution is 5.85. The molecule has 0 aromatic rings. The molecule has 4 nitrogen and oxygen atoms in total. The predicted molar refractivity (Wildman–Crippen MR) is 48.7 cm³/mol. The molecular weight excluding hydrogens is 172 g/mol. The van der Waals surface area contributed by atoms with Gasteiger partial charge in [-0.25, -0.2) is 4.79 Å². The molecule has 0 aromatic heterocycles. The zero-order valence-corrected chi connectivity index (χ0v) is 8.08. The van der Waals surface area contributed by atoms with Gasteiger partial charge in [0.15, 0.2) is 0 Å². The fourth-order valence-electron chi connectivity index (χ4n) is 0.617. The Kier molecular flexibility index (Phi) is 7.24. The Bertz CT molecular complexity index is 174. The van der Waals surface area contributed by atoms with Gasteiger partial charge in [0.2, 0.25) is 0 Å². The summed E-state index contributed by atoms with van der Waals surface area (Å²) in [5.74, 6) is -0.909. The van der Waals surface area contributed by atoms with Crippen molar-refractivity contribution in [2.75, 3.05) is 26.4 Å². The lowest BCUT2D eigenvalue weighted by Gasteiger charge is -2.01. The highest BCUT2D eigenvalue weighted by atomic mass is 16.5. The van der Waals surface area contributed by atoms with Gasteiger partial charge in [0, 0.05) is 12.2 Å². The summed E-state index contributed by atoms with van der Waals surface area (Å²) in [5.41, 5.74) is 0.302. The first-order chi connectivity index (χ1) is 6.18. The maximum absolute atomic E-state index is 10.3. The van der Waals surface area contributed by atoms with Crippen molar-refractivity contribution in [3.8, 4) is 0 Å². The molecule has 0 unspecified atom stereocenters. The van der Waals surface area contributed by atoms with Crippen LogP contribution in [0.1, 0.15) is 13.8 Å². The lowest BCUT2D eigenvalue weighted by Crippen LogP contribution is -2.05. The van der Waals surface area contributed by atoms with E-state index in [-0.39, 0.29) is 0 Å². The zero-order valence-electron chi connectivity index (χ0n) is 8.08. The van der Waals surface area contributed by atoms with Crippen LogP contribution in [0.4, 0.5) is 0 Å². The quantitative estimate of drug-likeness (QED) is 0.479. The molecule has 1 N–H and O–H groups in total. The van der Waals surface area contributed by atoms with Gasteiger partial charge in [-0.15, -0.1) is 0 Å². The largest absolute Gasteiger partial charge is 0.478 e. The Morgan fingerprint density at radius 1 is 1.38 bits per heavy atom. The summed E-state index contributed by atoms with van der Waals surface area (Å²) in [7, 11) is 0. The van der Waals surface area contributed by atoms with Crippen LogP contribution in [0.15, 0.2) is 11.6 Å². The van der Waals surface area contributed by atoms with Crippen LogP contribution in [-0.2, 0) is 14.3 Å². The molecule has 13 heavy (non-hydrogen) atoms. The van der Waals surface area contributed by atoms with E-state index in [1.54, 1.807) is 0 Å². The summed E-state index contributed by atoms with van der Waals surface area (Å²) in [6.45, 7) is 5.50. The van der Waals surface area contributed by atoms with Crippen molar-refractivity contribution in [1.82, 2.24) is 0 Å². The molecule has 0 aliphatic carbocycles. The number of carboxylic acid groups (broad SMARTS) is 1. The molecular formula is C9H16O4. The van der Waals surface area contributed by atoms with Gasteiger partial charge in [0.1, 0.15) is 0 Å². The van der Waals surface area contributed by atoms with Gasteiger partial charge in [-0.2, -0.15) is 0 Å². The first kappa shape index (κ1) is 12.1. The Hall–Kier alpha value is -0.870. The van der Waals surface area contributed by atoms with Gasteiger partial charge in [-0.1, -0.05) is 0 Å². The van der Waals surface area contributed by atoms with Crippen molar-refractivity contribution < 1.29 is 19.4 Å². The third kappa shape index (κ3) is 7.49. The molecule has 0 amide bonds. The van der Waals surface area contributed by atoms with Crippen LogP contribution < -0.4 is 0 Å². The van der Waals surface area contributed by atoms with E-state index in [9.17, 15) is 4.79 Å². The van der Waals surface area contributed by atoms with E-state index in [1.165, 1.54) is 13.0 Å². The van der Waals surface area contributed by atoms with Crippen molar-refractivity contribution in [2.24, 2.45) is 0 Å². The zero-order chi connectivity index (χ0) is 10.1. The molecule has 0 rings (SSSR count). The fourth-order valence-corrected chi connectivity index (χ4v) is 0.617. The lowest BCUT2D eigenvalue weighted by molar-refractivity contribution is -0.132. The molecule has 0 spiro atoms. The molecule has 0 aromatic carbocycles. The molecule has 0 radical (unpaired) electrons. The number of hydrogen-bond acceptors (Lipinski definition) is 3. The topological polar surface area (TPSA) is 55.8 Å². The smallest absolute Gasteiger partial charge is 0.331 e. The van der Waals surface area contributed by atoms with Crippen molar-refractivity contribution in [1.29, 1.82) is 0 Å². The van der Waals surface area contributed by atoms with Gasteiger partial charge in [0.25, 0.3) is 0 Å². The number of aliphatic carboxylic acids is 1. The number of carboxylic acids is 1. The molecule has 0 aliphatic rings. The second kappa shape index (κ2) is 7.76. The highest BCUT2D eigenvalue weighted by Gasteiger charge is 1.97. The van der Waals surface area contributed by atoms with E-state index < -0.39 is 5.97 Å². The molecule has 0 saturated carbocycles. The first-order valence-electron chi connectivity index (χ1n) is 4.24. The van der Waals surface area contributed by atoms with E-state index in [4.69, 9.17) is 14.6 Å². The van der Waals surface area contributed by atoms with Crippen LogP contribution >= 0.6 is 0 Å². The summed E-state index contributed by atoms with van der Waals surface area (Å²) in [6.07, 6.45) is 1.54. The van der Waals surface area contributed by atoms with Crippen LogP contribution in [0.5, 0.6) is 0 Å². The van der Waals surface area contributed by atoms with E-state index >= 15 is 0 Å². The molecule has 4 heteroatoms. The molecule has 0 aliphatic heterocycles. The minimum absolute atomic E-state index is 0.302. The van der Waals surface area contributed by atoms with Crippen LogP contribution in [0.3, 0.4) is 0 Å². The van der Waals surface area contributed by atoms with Crippen molar-refractivity contribution >= 4 is 5.97 Å². The van der Waals surface area contributed by atoms with E-state index in [1.807, 2.05) is 6.92 Å². The van der Waals surface area contributed by atoms with Gasteiger partial charge in [0.05, 0.1) is 19.8 Å². The van der Waals surface area contributed by atoms with Crippen LogP contribution in [0.2, 0.25) is 0 Å². The Labute approximate surface area is 78.2 Å². The maximum atomic E-state index is 10.3. The van der Waals surface area contributed by atoms with E-state index in [0.29, 0.717) is 32.0 Å². The molecule has 0 heterocycles. The number of rotatable bonds is 7.